The molecule has 0 heterocycles. The van der Waals surface area contributed by atoms with Gasteiger partial charge in [-0.15, -0.1) is 0 Å². The molecule has 64 valence electrons. The molecule has 1 nitrogen and oxygen atoms in total. The van der Waals surface area contributed by atoms with Gasteiger partial charge in [0.05, 0.1) is 0 Å². The number of rotatable bonds is 2. The van der Waals surface area contributed by atoms with Crippen molar-refractivity contribution in [2.45, 2.75) is 0 Å². The second-order valence-corrected chi connectivity index (χ2v) is 3.14. The maximum atomic E-state index is 5.90. The van der Waals surface area contributed by atoms with Crippen molar-refractivity contribution in [3.05, 3.63) is 40.9 Å². The summed E-state index contributed by atoms with van der Waals surface area (Å²) in [5.41, 5.74) is 6.25. The largest absolute Gasteiger partial charge is 0.327 e. The predicted molar refractivity (Wildman–Crippen MR) is 54.3 cm³/mol. The van der Waals surface area contributed by atoms with Crippen LogP contribution in [0.5, 0.6) is 0 Å². The summed E-state index contributed by atoms with van der Waals surface area (Å²) in [5, 5.41) is 1.37. The highest BCUT2D eigenvalue weighted by Crippen LogP contribution is 2.20. The topological polar surface area (TPSA) is 26.0 Å². The molecule has 0 aromatic heterocycles. The Kier molecular flexibility index (Phi) is 3.60. The Hall–Kier alpha value is -0.500. The zero-order valence-corrected chi connectivity index (χ0v) is 7.94. The van der Waals surface area contributed by atoms with Gasteiger partial charge in [0.1, 0.15) is 0 Å². The van der Waals surface area contributed by atoms with Crippen molar-refractivity contribution in [1.29, 1.82) is 0 Å². The van der Waals surface area contributed by atoms with Crippen molar-refractivity contribution in [2.24, 2.45) is 5.73 Å². The van der Waals surface area contributed by atoms with Gasteiger partial charge in [0.15, 0.2) is 0 Å². The second kappa shape index (κ2) is 4.51. The van der Waals surface area contributed by atoms with Crippen LogP contribution in [0.4, 0.5) is 0 Å². The third-order valence-electron chi connectivity index (χ3n) is 1.42. The zero-order chi connectivity index (χ0) is 8.97. The highest BCUT2D eigenvalue weighted by Gasteiger charge is 1.95. The summed E-state index contributed by atoms with van der Waals surface area (Å²) in [6.45, 7) is 0.446. The number of nitrogens with two attached hydrogens (primary N) is 1. The van der Waals surface area contributed by atoms with Crippen molar-refractivity contribution < 1.29 is 0 Å². The first kappa shape index (κ1) is 9.59. The molecule has 0 radical (unpaired) electrons. The Balaban J connectivity index is 2.89. The van der Waals surface area contributed by atoms with Crippen LogP contribution in [-0.2, 0) is 0 Å². The number of hydrogen-bond acceptors (Lipinski definition) is 1. The van der Waals surface area contributed by atoms with Crippen LogP contribution < -0.4 is 5.73 Å². The van der Waals surface area contributed by atoms with Crippen LogP contribution >= 0.6 is 23.2 Å². The van der Waals surface area contributed by atoms with Gasteiger partial charge in [0.25, 0.3) is 0 Å². The molecule has 12 heavy (non-hydrogen) atoms. The third kappa shape index (κ3) is 2.52. The standard InChI is InChI=1S/C9H9Cl2N/c10-8-3-1-7(2-4-8)9(11)5-6-12/h1-5H,6,12H2. The van der Waals surface area contributed by atoms with Crippen LogP contribution in [0, 0.1) is 0 Å². The highest BCUT2D eigenvalue weighted by atomic mass is 35.5. The molecule has 0 aliphatic rings. The van der Waals surface area contributed by atoms with Crippen LogP contribution in [0.1, 0.15) is 5.56 Å². The van der Waals surface area contributed by atoms with Crippen molar-refractivity contribution in [3.8, 4) is 0 Å². The van der Waals surface area contributed by atoms with E-state index in [1.54, 1.807) is 18.2 Å². The fourth-order valence-electron chi connectivity index (χ4n) is 0.830. The van der Waals surface area contributed by atoms with E-state index in [0.29, 0.717) is 16.6 Å². The molecule has 0 amide bonds. The molecule has 0 aliphatic carbocycles. The van der Waals surface area contributed by atoms with Crippen molar-refractivity contribution >= 4 is 28.2 Å². The van der Waals surface area contributed by atoms with E-state index in [-0.39, 0.29) is 0 Å². The maximum absolute atomic E-state index is 5.90. The van der Waals surface area contributed by atoms with Gasteiger partial charge in [-0.3, -0.25) is 0 Å². The van der Waals surface area contributed by atoms with Crippen LogP contribution in [0.3, 0.4) is 0 Å². The summed E-state index contributed by atoms with van der Waals surface area (Å²) in [6, 6.07) is 7.31. The summed E-state index contributed by atoms with van der Waals surface area (Å²) < 4.78 is 0. The van der Waals surface area contributed by atoms with Gasteiger partial charge < -0.3 is 5.73 Å². The molecule has 1 aromatic rings. The molecular weight excluding hydrogens is 193 g/mol. The van der Waals surface area contributed by atoms with Crippen molar-refractivity contribution in [3.63, 3.8) is 0 Å². The Morgan fingerprint density at radius 1 is 1.33 bits per heavy atom. The molecule has 0 saturated heterocycles. The maximum Gasteiger partial charge on any atom is 0.0451 e. The summed E-state index contributed by atoms with van der Waals surface area (Å²) in [7, 11) is 0. The Morgan fingerprint density at radius 2 is 1.92 bits per heavy atom. The molecule has 0 bridgehead atoms. The minimum atomic E-state index is 0.446. The lowest BCUT2D eigenvalue weighted by atomic mass is 10.2. The molecule has 0 spiro atoms. The van der Waals surface area contributed by atoms with E-state index in [9.17, 15) is 0 Å². The number of hydrogen-bond donors (Lipinski definition) is 1. The number of benzene rings is 1. The normalized spacial score (nSPS) is 11.8. The molecule has 0 fully saturated rings. The molecule has 0 unspecified atom stereocenters. The fraction of sp³-hybridized carbons (Fsp3) is 0.111. The van der Waals surface area contributed by atoms with Gasteiger partial charge in [0, 0.05) is 16.6 Å². The average molecular weight is 202 g/mol. The third-order valence-corrected chi connectivity index (χ3v) is 2.04. The lowest BCUT2D eigenvalue weighted by molar-refractivity contribution is 1.26. The minimum absolute atomic E-state index is 0.446. The molecule has 3 heteroatoms. The lowest BCUT2D eigenvalue weighted by Crippen LogP contribution is -1.93. The van der Waals surface area contributed by atoms with E-state index in [4.69, 9.17) is 28.9 Å². The van der Waals surface area contributed by atoms with Gasteiger partial charge in [-0.25, -0.2) is 0 Å². The van der Waals surface area contributed by atoms with E-state index >= 15 is 0 Å². The first-order valence-electron chi connectivity index (χ1n) is 3.55. The summed E-state index contributed by atoms with van der Waals surface area (Å²) >= 11 is 11.6. The highest BCUT2D eigenvalue weighted by molar-refractivity contribution is 6.48. The van der Waals surface area contributed by atoms with Gasteiger partial charge in [-0.05, 0) is 17.7 Å². The van der Waals surface area contributed by atoms with E-state index in [2.05, 4.69) is 0 Å². The van der Waals surface area contributed by atoms with Gasteiger partial charge in [-0.2, -0.15) is 0 Å². The van der Waals surface area contributed by atoms with E-state index < -0.39 is 0 Å². The fourth-order valence-corrected chi connectivity index (χ4v) is 1.17. The summed E-state index contributed by atoms with van der Waals surface area (Å²) in [4.78, 5) is 0. The molecule has 0 atom stereocenters. The Labute approximate surface area is 81.8 Å². The Bertz CT molecular complexity index is 277. The smallest absolute Gasteiger partial charge is 0.0451 e. The van der Waals surface area contributed by atoms with Crippen LogP contribution in [0.25, 0.3) is 5.03 Å². The van der Waals surface area contributed by atoms with Crippen molar-refractivity contribution in [1.82, 2.24) is 0 Å². The quantitative estimate of drug-likeness (QED) is 0.783. The minimum Gasteiger partial charge on any atom is -0.327 e. The summed E-state index contributed by atoms with van der Waals surface area (Å²) in [5.74, 6) is 0. The van der Waals surface area contributed by atoms with Crippen molar-refractivity contribution in [2.75, 3.05) is 6.54 Å². The SMILES string of the molecule is NCC=C(Cl)c1ccc(Cl)cc1. The zero-order valence-electron chi connectivity index (χ0n) is 6.43. The van der Waals surface area contributed by atoms with Gasteiger partial charge >= 0.3 is 0 Å². The predicted octanol–water partition coefficient (Wildman–Crippen LogP) is 2.88. The molecule has 1 aromatic carbocycles. The monoisotopic (exact) mass is 201 g/mol. The lowest BCUT2D eigenvalue weighted by Gasteiger charge is -1.97. The van der Waals surface area contributed by atoms with Crippen LogP contribution in [0.2, 0.25) is 5.02 Å². The molecular formula is C9H9Cl2N. The van der Waals surface area contributed by atoms with Crippen LogP contribution in [-0.4, -0.2) is 6.54 Å². The molecule has 0 saturated carbocycles. The van der Waals surface area contributed by atoms with Gasteiger partial charge in [-0.1, -0.05) is 41.4 Å². The van der Waals surface area contributed by atoms with E-state index in [1.165, 1.54) is 0 Å². The van der Waals surface area contributed by atoms with E-state index in [0.717, 1.165) is 5.56 Å². The summed E-state index contributed by atoms with van der Waals surface area (Å²) in [6.07, 6.45) is 1.75. The van der Waals surface area contributed by atoms with Gasteiger partial charge in [0.2, 0.25) is 0 Å². The molecule has 2 N–H and O–H groups in total. The number of halogens is 2. The van der Waals surface area contributed by atoms with Crippen LogP contribution in [0.15, 0.2) is 30.3 Å². The molecule has 1 rings (SSSR count). The second-order valence-electron chi connectivity index (χ2n) is 2.29. The first-order valence-corrected chi connectivity index (χ1v) is 4.31. The Morgan fingerprint density at radius 3 is 2.42 bits per heavy atom. The first-order chi connectivity index (χ1) is 5.74. The average Bonchev–Trinajstić information content (AvgIpc) is 2.06. The molecule has 0 aliphatic heterocycles. The van der Waals surface area contributed by atoms with E-state index in [1.807, 2.05) is 12.1 Å².